The third-order valence-corrected chi connectivity index (χ3v) is 4.36. The Hall–Kier alpha value is -3.00. The molecule has 0 spiro atoms. The first-order chi connectivity index (χ1) is 13.1. The minimum absolute atomic E-state index is 0.106. The van der Waals surface area contributed by atoms with Crippen molar-refractivity contribution in [2.75, 3.05) is 19.6 Å². The highest BCUT2D eigenvalue weighted by Gasteiger charge is 2.30. The fourth-order valence-electron chi connectivity index (χ4n) is 2.98. The molecule has 1 atom stereocenters. The van der Waals surface area contributed by atoms with Crippen molar-refractivity contribution in [1.29, 1.82) is 0 Å². The molecule has 0 bridgehead atoms. The number of carbonyl (C=O) groups excluding carboxylic acids is 2. The van der Waals surface area contributed by atoms with Gasteiger partial charge >= 0.3 is 0 Å². The van der Waals surface area contributed by atoms with E-state index in [0.29, 0.717) is 31.3 Å². The van der Waals surface area contributed by atoms with E-state index in [-0.39, 0.29) is 24.8 Å². The van der Waals surface area contributed by atoms with Gasteiger partial charge < -0.3 is 10.6 Å². The Labute approximate surface area is 158 Å². The number of hydrogen-bond donors (Lipinski definition) is 3. The molecule has 2 heterocycles. The number of H-pyrrole nitrogens is 1. The summed E-state index contributed by atoms with van der Waals surface area (Å²) in [7, 11) is 0. The van der Waals surface area contributed by atoms with Gasteiger partial charge in [-0.3, -0.25) is 19.6 Å². The molecule has 0 saturated carbocycles. The molecule has 1 fully saturated rings. The van der Waals surface area contributed by atoms with Gasteiger partial charge in [0.05, 0.1) is 19.0 Å². The highest BCUT2D eigenvalue weighted by Crippen LogP contribution is 2.10. The van der Waals surface area contributed by atoms with Gasteiger partial charge in [0.25, 0.3) is 0 Å². The lowest BCUT2D eigenvalue weighted by molar-refractivity contribution is -0.133. The first-order valence-corrected chi connectivity index (χ1v) is 9.00. The van der Waals surface area contributed by atoms with Crippen LogP contribution in [-0.2, 0) is 16.1 Å². The molecule has 8 nitrogen and oxygen atoms in total. The van der Waals surface area contributed by atoms with Crippen molar-refractivity contribution >= 4 is 17.9 Å². The molecule has 1 aromatic carbocycles. The third-order valence-electron chi connectivity index (χ3n) is 4.36. The van der Waals surface area contributed by atoms with Crippen LogP contribution in [0.15, 0.2) is 36.4 Å². The molecule has 1 saturated heterocycles. The van der Waals surface area contributed by atoms with Crippen LogP contribution >= 0.6 is 0 Å². The van der Waals surface area contributed by atoms with Crippen molar-refractivity contribution in [3.05, 3.63) is 53.6 Å². The van der Waals surface area contributed by atoms with Gasteiger partial charge in [-0.05, 0) is 12.5 Å². The average Bonchev–Trinajstić information content (AvgIpc) is 3.09. The second kappa shape index (κ2) is 9.09. The van der Waals surface area contributed by atoms with Crippen molar-refractivity contribution in [2.45, 2.75) is 25.9 Å². The van der Waals surface area contributed by atoms with Crippen LogP contribution in [0.1, 0.15) is 23.6 Å². The molecule has 0 unspecified atom stereocenters. The Kier molecular flexibility index (Phi) is 6.32. The summed E-state index contributed by atoms with van der Waals surface area (Å²) < 4.78 is 0. The molecule has 1 aliphatic rings. The molecule has 3 N–H and O–H groups in total. The van der Waals surface area contributed by atoms with E-state index in [1.165, 1.54) is 0 Å². The fourth-order valence-corrected chi connectivity index (χ4v) is 2.98. The Morgan fingerprint density at radius 3 is 2.93 bits per heavy atom. The van der Waals surface area contributed by atoms with Crippen LogP contribution < -0.4 is 10.6 Å². The van der Waals surface area contributed by atoms with E-state index >= 15 is 0 Å². The van der Waals surface area contributed by atoms with Crippen molar-refractivity contribution in [2.24, 2.45) is 0 Å². The molecular weight excluding hydrogens is 344 g/mol. The third kappa shape index (κ3) is 5.49. The standard InChI is InChI=1S/C19H24N6O2/c1-14-22-17(24-23-14)13-21-18(26)12-16-19(27)20-9-11-25(16)10-5-8-15-6-3-2-4-7-15/h2-8,16H,9-13H2,1H3,(H,20,27)(H,21,26)(H,22,23,24)/b8-5+/t16-/m1/s1. The molecular formula is C19H24N6O2. The monoisotopic (exact) mass is 368 g/mol. The zero-order chi connectivity index (χ0) is 19.1. The van der Waals surface area contributed by atoms with Crippen LogP contribution in [0, 0.1) is 6.92 Å². The predicted octanol–water partition coefficient (Wildman–Crippen LogP) is 0.633. The summed E-state index contributed by atoms with van der Waals surface area (Å²) in [5.41, 5.74) is 1.11. The van der Waals surface area contributed by atoms with Crippen LogP contribution in [0.5, 0.6) is 0 Å². The molecule has 8 heteroatoms. The van der Waals surface area contributed by atoms with Crippen molar-refractivity contribution < 1.29 is 9.59 Å². The normalized spacial score (nSPS) is 17.8. The van der Waals surface area contributed by atoms with Gasteiger partial charge in [-0.2, -0.15) is 5.10 Å². The van der Waals surface area contributed by atoms with Crippen molar-refractivity contribution in [3.8, 4) is 0 Å². The van der Waals surface area contributed by atoms with E-state index < -0.39 is 6.04 Å². The van der Waals surface area contributed by atoms with Gasteiger partial charge in [0.1, 0.15) is 5.82 Å². The van der Waals surface area contributed by atoms with Crippen LogP contribution in [0.4, 0.5) is 0 Å². The highest BCUT2D eigenvalue weighted by atomic mass is 16.2. The number of piperazine rings is 1. The maximum absolute atomic E-state index is 12.3. The summed E-state index contributed by atoms with van der Waals surface area (Å²) in [4.78, 5) is 30.7. The predicted molar refractivity (Wildman–Crippen MR) is 101 cm³/mol. The van der Waals surface area contributed by atoms with Gasteiger partial charge in [-0.25, -0.2) is 4.98 Å². The van der Waals surface area contributed by atoms with E-state index in [2.05, 4.69) is 25.8 Å². The van der Waals surface area contributed by atoms with E-state index in [1.54, 1.807) is 6.92 Å². The van der Waals surface area contributed by atoms with E-state index in [9.17, 15) is 9.59 Å². The molecule has 1 aromatic heterocycles. The Bertz CT molecular complexity index is 802. The number of aromatic amines is 1. The fraction of sp³-hybridized carbons (Fsp3) is 0.368. The molecule has 2 amide bonds. The lowest BCUT2D eigenvalue weighted by Gasteiger charge is -2.33. The summed E-state index contributed by atoms with van der Waals surface area (Å²) in [5, 5.41) is 12.3. The van der Waals surface area contributed by atoms with E-state index in [0.717, 1.165) is 5.56 Å². The van der Waals surface area contributed by atoms with Crippen LogP contribution in [-0.4, -0.2) is 57.6 Å². The number of nitrogens with zero attached hydrogens (tertiary/aromatic N) is 3. The number of aromatic nitrogens is 3. The number of amides is 2. The number of carbonyl (C=O) groups is 2. The number of hydrogen-bond acceptors (Lipinski definition) is 5. The number of nitrogens with one attached hydrogen (secondary N) is 3. The second-order valence-corrected chi connectivity index (χ2v) is 6.43. The maximum atomic E-state index is 12.3. The summed E-state index contributed by atoms with van der Waals surface area (Å²) in [6, 6.07) is 9.51. The first kappa shape index (κ1) is 18.8. The number of benzene rings is 1. The van der Waals surface area contributed by atoms with E-state index in [4.69, 9.17) is 0 Å². The lowest BCUT2D eigenvalue weighted by Crippen LogP contribution is -2.56. The SMILES string of the molecule is Cc1nc(CNC(=O)C[C@@H]2C(=O)NCCN2C/C=C/c2ccccc2)n[nH]1. The Balaban J connectivity index is 1.54. The van der Waals surface area contributed by atoms with Gasteiger partial charge in [0.2, 0.25) is 11.8 Å². The molecule has 3 rings (SSSR count). The summed E-state index contributed by atoms with van der Waals surface area (Å²) in [5.74, 6) is 0.911. The van der Waals surface area contributed by atoms with E-state index in [1.807, 2.05) is 47.4 Å². The molecule has 27 heavy (non-hydrogen) atoms. The average molecular weight is 368 g/mol. The number of aryl methyl sites for hydroxylation is 1. The number of rotatable bonds is 7. The summed E-state index contributed by atoms with van der Waals surface area (Å²) >= 11 is 0. The van der Waals surface area contributed by atoms with Crippen molar-refractivity contribution in [3.63, 3.8) is 0 Å². The molecule has 142 valence electrons. The van der Waals surface area contributed by atoms with Crippen LogP contribution in [0.25, 0.3) is 6.08 Å². The lowest BCUT2D eigenvalue weighted by atomic mass is 10.1. The molecule has 0 aliphatic carbocycles. The van der Waals surface area contributed by atoms with Gasteiger partial charge in [-0.1, -0.05) is 42.5 Å². The molecule has 1 aliphatic heterocycles. The quantitative estimate of drug-likeness (QED) is 0.665. The zero-order valence-electron chi connectivity index (χ0n) is 15.3. The minimum Gasteiger partial charge on any atom is -0.353 e. The Morgan fingerprint density at radius 1 is 1.37 bits per heavy atom. The minimum atomic E-state index is -0.479. The van der Waals surface area contributed by atoms with Gasteiger partial charge in [0.15, 0.2) is 5.82 Å². The largest absolute Gasteiger partial charge is 0.353 e. The smallest absolute Gasteiger partial charge is 0.237 e. The highest BCUT2D eigenvalue weighted by molar-refractivity contribution is 5.88. The summed E-state index contributed by atoms with van der Waals surface area (Å²) in [6.07, 6.45) is 4.15. The molecule has 0 radical (unpaired) electrons. The van der Waals surface area contributed by atoms with Crippen LogP contribution in [0.2, 0.25) is 0 Å². The first-order valence-electron chi connectivity index (χ1n) is 9.00. The molecule has 2 aromatic rings. The maximum Gasteiger partial charge on any atom is 0.237 e. The zero-order valence-corrected chi connectivity index (χ0v) is 15.3. The Morgan fingerprint density at radius 2 is 2.19 bits per heavy atom. The van der Waals surface area contributed by atoms with Crippen molar-refractivity contribution in [1.82, 2.24) is 30.7 Å². The summed E-state index contributed by atoms with van der Waals surface area (Å²) in [6.45, 7) is 3.95. The topological polar surface area (TPSA) is 103 Å². The second-order valence-electron chi connectivity index (χ2n) is 6.43. The van der Waals surface area contributed by atoms with Gasteiger partial charge in [0, 0.05) is 19.6 Å². The van der Waals surface area contributed by atoms with Gasteiger partial charge in [-0.15, -0.1) is 0 Å². The van der Waals surface area contributed by atoms with Crippen LogP contribution in [0.3, 0.4) is 0 Å².